The molecule has 1 fully saturated rings. The Morgan fingerprint density at radius 1 is 1.21 bits per heavy atom. The van der Waals surface area contributed by atoms with Crippen LogP contribution in [0.5, 0.6) is 11.5 Å². The van der Waals surface area contributed by atoms with Crippen LogP contribution in [0.15, 0.2) is 53.5 Å². The van der Waals surface area contributed by atoms with Crippen LogP contribution in [0.4, 0.5) is 13.2 Å². The molecular formula is C29H24F3N7O4. The number of nitriles is 1. The van der Waals surface area contributed by atoms with Crippen LogP contribution in [0, 0.1) is 11.3 Å². The molecule has 14 heteroatoms. The topological polar surface area (TPSA) is 133 Å². The van der Waals surface area contributed by atoms with Crippen molar-refractivity contribution >= 4 is 16.8 Å². The normalized spacial score (nSPS) is 13.7. The summed E-state index contributed by atoms with van der Waals surface area (Å²) in [5.41, 5.74) is 1.05. The van der Waals surface area contributed by atoms with Crippen molar-refractivity contribution in [2.45, 2.75) is 31.7 Å². The zero-order chi connectivity index (χ0) is 30.3. The Morgan fingerprint density at radius 3 is 2.67 bits per heavy atom. The van der Waals surface area contributed by atoms with Crippen LogP contribution in [0.25, 0.3) is 33.3 Å². The lowest BCUT2D eigenvalue weighted by Crippen LogP contribution is -2.31. The molecule has 1 aliphatic rings. The van der Waals surface area contributed by atoms with Gasteiger partial charge >= 0.3 is 6.61 Å². The van der Waals surface area contributed by atoms with Gasteiger partial charge in [0.1, 0.15) is 35.5 Å². The van der Waals surface area contributed by atoms with Gasteiger partial charge in [0.2, 0.25) is 5.89 Å². The third-order valence-corrected chi connectivity index (χ3v) is 7.16. The average molecular weight is 592 g/mol. The largest absolute Gasteiger partial charge is 0.496 e. The van der Waals surface area contributed by atoms with Crippen molar-refractivity contribution in [2.75, 3.05) is 13.7 Å². The van der Waals surface area contributed by atoms with Crippen LogP contribution in [0.1, 0.15) is 34.7 Å². The molecule has 1 amide bonds. The van der Waals surface area contributed by atoms with Crippen molar-refractivity contribution < 1.29 is 31.9 Å². The molecule has 1 N–H and O–H groups in total. The first kappa shape index (κ1) is 27.8. The SMILES string of the molecule is COc1cc(-c2c3c(C#N)cc(-c4cnn(Cc5ncco5)c4)cc3nn2C)cc(OC(F)F)c1C(=O)NCC1(F)CC1. The van der Waals surface area contributed by atoms with Crippen molar-refractivity contribution in [3.63, 3.8) is 0 Å². The lowest BCUT2D eigenvalue weighted by Gasteiger charge is -2.17. The molecule has 11 nitrogen and oxygen atoms in total. The number of benzene rings is 2. The smallest absolute Gasteiger partial charge is 0.387 e. The van der Waals surface area contributed by atoms with E-state index in [2.05, 4.69) is 26.6 Å². The Hall–Kier alpha value is -5.32. The van der Waals surface area contributed by atoms with E-state index in [1.54, 1.807) is 42.5 Å². The zero-order valence-corrected chi connectivity index (χ0v) is 23.0. The number of rotatable bonds is 10. The van der Waals surface area contributed by atoms with Crippen molar-refractivity contribution in [1.82, 2.24) is 29.9 Å². The molecule has 0 saturated heterocycles. The van der Waals surface area contributed by atoms with E-state index >= 15 is 0 Å². The number of amides is 1. The van der Waals surface area contributed by atoms with E-state index in [1.807, 2.05) is 0 Å². The Bertz CT molecular complexity index is 1870. The van der Waals surface area contributed by atoms with Crippen molar-refractivity contribution in [3.05, 3.63) is 66.1 Å². The number of halogens is 3. The van der Waals surface area contributed by atoms with E-state index in [0.29, 0.717) is 53.0 Å². The molecule has 0 aliphatic heterocycles. The lowest BCUT2D eigenvalue weighted by molar-refractivity contribution is -0.0502. The summed E-state index contributed by atoms with van der Waals surface area (Å²) in [7, 11) is 2.91. The number of methoxy groups -OCH3 is 1. The second kappa shape index (κ2) is 10.8. The highest BCUT2D eigenvalue weighted by Crippen LogP contribution is 2.41. The highest BCUT2D eigenvalue weighted by atomic mass is 19.3. The summed E-state index contributed by atoms with van der Waals surface area (Å²) in [5, 5.41) is 21.9. The summed E-state index contributed by atoms with van der Waals surface area (Å²) in [6, 6.07) is 8.39. The molecule has 5 aromatic rings. The molecule has 6 rings (SSSR count). The Labute approximate surface area is 242 Å². The van der Waals surface area contributed by atoms with Gasteiger partial charge in [0.15, 0.2) is 0 Å². The van der Waals surface area contributed by atoms with Crippen LogP contribution in [0.3, 0.4) is 0 Å². The second-order valence-electron chi connectivity index (χ2n) is 10.1. The maximum absolute atomic E-state index is 14.2. The molecular weight excluding hydrogens is 567 g/mol. The molecule has 0 atom stereocenters. The number of oxazole rings is 1. The third-order valence-electron chi connectivity index (χ3n) is 7.16. The van der Waals surface area contributed by atoms with Crippen LogP contribution < -0.4 is 14.8 Å². The van der Waals surface area contributed by atoms with E-state index in [1.165, 1.54) is 30.2 Å². The first-order chi connectivity index (χ1) is 20.7. The number of aryl methyl sites for hydroxylation is 1. The molecule has 0 spiro atoms. The van der Waals surface area contributed by atoms with Crippen LogP contribution >= 0.6 is 0 Å². The van der Waals surface area contributed by atoms with Gasteiger partial charge in [-0.05, 0) is 42.7 Å². The Balaban J connectivity index is 1.42. The summed E-state index contributed by atoms with van der Waals surface area (Å²) in [4.78, 5) is 17.1. The number of nitrogens with one attached hydrogen (secondary N) is 1. The second-order valence-corrected chi connectivity index (χ2v) is 10.1. The van der Waals surface area contributed by atoms with Gasteiger partial charge in [-0.2, -0.15) is 24.2 Å². The maximum Gasteiger partial charge on any atom is 0.387 e. The van der Waals surface area contributed by atoms with E-state index in [-0.39, 0.29) is 23.4 Å². The quantitative estimate of drug-likeness (QED) is 0.244. The van der Waals surface area contributed by atoms with Crippen molar-refractivity contribution in [1.29, 1.82) is 5.26 Å². The highest BCUT2D eigenvalue weighted by Gasteiger charge is 2.43. The number of carbonyl (C=O) groups is 1. The highest BCUT2D eigenvalue weighted by molar-refractivity contribution is 6.03. The number of nitrogens with zero attached hydrogens (tertiary/aromatic N) is 6. The van der Waals surface area contributed by atoms with E-state index in [0.717, 1.165) is 5.56 Å². The standard InChI is InChI=1S/C29H24F3N7O4/c1-38-26(17-9-21(41-2)25(22(10-17)43-28(30)31)27(40)35-15-29(32)3-4-29)24-18(11-33)7-16(8-20(24)37-38)19-12-36-39(13-19)14-23-34-5-6-42-23/h5-10,12-13,28H,3-4,14-15H2,1-2H3,(H,35,40). The van der Waals surface area contributed by atoms with Crippen LogP contribution in [-0.2, 0) is 13.6 Å². The van der Waals surface area contributed by atoms with Gasteiger partial charge in [0.05, 0.1) is 48.9 Å². The molecule has 220 valence electrons. The molecule has 2 aromatic carbocycles. The summed E-state index contributed by atoms with van der Waals surface area (Å²) in [6.07, 6.45) is 7.07. The van der Waals surface area contributed by atoms with Gasteiger partial charge in [0, 0.05) is 29.8 Å². The monoisotopic (exact) mass is 591 g/mol. The minimum Gasteiger partial charge on any atom is -0.496 e. The van der Waals surface area contributed by atoms with Gasteiger partial charge in [0.25, 0.3) is 5.91 Å². The summed E-state index contributed by atoms with van der Waals surface area (Å²) >= 11 is 0. The third kappa shape index (κ3) is 5.49. The Kier molecular flexibility index (Phi) is 7.01. The number of aromatic nitrogens is 5. The van der Waals surface area contributed by atoms with Crippen molar-refractivity contribution in [3.8, 4) is 40.0 Å². The van der Waals surface area contributed by atoms with Gasteiger partial charge in [-0.3, -0.25) is 14.2 Å². The zero-order valence-electron chi connectivity index (χ0n) is 23.0. The molecule has 0 unspecified atom stereocenters. The fraction of sp³-hybridized carbons (Fsp3) is 0.276. The molecule has 1 aliphatic carbocycles. The molecule has 3 aromatic heterocycles. The number of carbonyl (C=O) groups excluding carboxylic acids is 1. The fourth-order valence-electron chi connectivity index (χ4n) is 4.92. The molecule has 0 radical (unpaired) electrons. The number of hydrogen-bond acceptors (Lipinski definition) is 8. The maximum atomic E-state index is 14.2. The molecule has 3 heterocycles. The van der Waals surface area contributed by atoms with E-state index in [9.17, 15) is 23.2 Å². The van der Waals surface area contributed by atoms with Crippen molar-refractivity contribution in [2.24, 2.45) is 7.05 Å². The van der Waals surface area contributed by atoms with Gasteiger partial charge in [-0.25, -0.2) is 9.37 Å². The van der Waals surface area contributed by atoms with Gasteiger partial charge in [-0.1, -0.05) is 0 Å². The minimum atomic E-state index is -3.26. The first-order valence-electron chi connectivity index (χ1n) is 13.1. The van der Waals surface area contributed by atoms with E-state index < -0.39 is 23.9 Å². The predicted molar refractivity (Wildman–Crippen MR) is 146 cm³/mol. The van der Waals surface area contributed by atoms with Gasteiger partial charge in [-0.15, -0.1) is 0 Å². The lowest BCUT2D eigenvalue weighted by atomic mass is 9.97. The summed E-state index contributed by atoms with van der Waals surface area (Å²) in [5.74, 6) is -0.866. The minimum absolute atomic E-state index is 0.0720. The molecule has 43 heavy (non-hydrogen) atoms. The van der Waals surface area contributed by atoms with E-state index in [4.69, 9.17) is 13.9 Å². The number of alkyl halides is 3. The average Bonchev–Trinajstić information content (AvgIpc) is 3.36. The molecule has 1 saturated carbocycles. The summed E-state index contributed by atoms with van der Waals surface area (Å²) in [6.45, 7) is -3.20. The molecule has 0 bridgehead atoms. The fourth-order valence-corrected chi connectivity index (χ4v) is 4.92. The predicted octanol–water partition coefficient (Wildman–Crippen LogP) is 4.85. The number of ether oxygens (including phenoxy) is 2. The van der Waals surface area contributed by atoms with Gasteiger partial charge < -0.3 is 19.2 Å². The first-order valence-corrected chi connectivity index (χ1v) is 13.1. The Morgan fingerprint density at radius 2 is 2.00 bits per heavy atom. The number of hydrogen-bond donors (Lipinski definition) is 1. The van der Waals surface area contributed by atoms with Crippen LogP contribution in [0.2, 0.25) is 0 Å². The van der Waals surface area contributed by atoms with Crippen LogP contribution in [-0.4, -0.2) is 56.4 Å². The number of fused-ring (bicyclic) bond motifs is 1. The summed E-state index contributed by atoms with van der Waals surface area (Å²) < 4.78 is 59.7.